The fourth-order valence-corrected chi connectivity index (χ4v) is 3.21. The number of likely N-dealkylation sites (N-methyl/N-ethyl adjacent to an activating group) is 1. The number of pyridine rings is 1. The van der Waals surface area contributed by atoms with Crippen molar-refractivity contribution in [1.82, 2.24) is 15.2 Å². The van der Waals surface area contributed by atoms with Crippen LogP contribution in [0.15, 0.2) is 48.7 Å². The van der Waals surface area contributed by atoms with Gasteiger partial charge in [0, 0.05) is 51.1 Å². The lowest BCUT2D eigenvalue weighted by Crippen LogP contribution is -2.46. The third-order valence-corrected chi connectivity index (χ3v) is 4.97. The van der Waals surface area contributed by atoms with Crippen LogP contribution in [0.2, 0.25) is 0 Å². The first kappa shape index (κ1) is 20.5. The van der Waals surface area contributed by atoms with E-state index in [1.54, 1.807) is 24.4 Å². The van der Waals surface area contributed by atoms with Gasteiger partial charge < -0.3 is 15.1 Å². The molecule has 1 aromatic heterocycles. The maximum Gasteiger partial charge on any atom is 0.276 e. The normalized spacial score (nSPS) is 14.9. The van der Waals surface area contributed by atoms with Gasteiger partial charge in [-0.3, -0.25) is 14.9 Å². The fourth-order valence-electron chi connectivity index (χ4n) is 3.21. The van der Waals surface area contributed by atoms with Gasteiger partial charge in [0.25, 0.3) is 5.69 Å². The van der Waals surface area contributed by atoms with Gasteiger partial charge in [-0.15, -0.1) is 0 Å². The van der Waals surface area contributed by atoms with Crippen LogP contribution < -0.4 is 10.2 Å². The van der Waals surface area contributed by atoms with E-state index in [0.29, 0.717) is 12.1 Å². The summed E-state index contributed by atoms with van der Waals surface area (Å²) < 4.78 is 0. The number of hydrogen-bond acceptors (Lipinski definition) is 6. The predicted octanol–water partition coefficient (Wildman–Crippen LogP) is 2.46. The van der Waals surface area contributed by atoms with Gasteiger partial charge in [0.1, 0.15) is 5.82 Å². The van der Waals surface area contributed by atoms with Crippen molar-refractivity contribution < 1.29 is 9.72 Å². The van der Waals surface area contributed by atoms with Crippen LogP contribution in [-0.2, 0) is 11.3 Å². The van der Waals surface area contributed by atoms with Gasteiger partial charge in [-0.2, -0.15) is 0 Å². The molecular formula is C21H25N5O3. The van der Waals surface area contributed by atoms with Crippen LogP contribution >= 0.6 is 0 Å². The van der Waals surface area contributed by atoms with Crippen molar-refractivity contribution in [3.05, 3.63) is 69.9 Å². The van der Waals surface area contributed by atoms with Crippen LogP contribution in [0.25, 0.3) is 6.08 Å². The van der Waals surface area contributed by atoms with Gasteiger partial charge in [-0.25, -0.2) is 4.98 Å². The zero-order valence-corrected chi connectivity index (χ0v) is 16.5. The second-order valence-corrected chi connectivity index (χ2v) is 6.81. The summed E-state index contributed by atoms with van der Waals surface area (Å²) in [6, 6.07) is 10.2. The highest BCUT2D eigenvalue weighted by Gasteiger charge is 2.16. The number of nitro groups is 1. The molecule has 1 amide bonds. The Labute approximate surface area is 170 Å². The second kappa shape index (κ2) is 9.79. The zero-order chi connectivity index (χ0) is 20.6. The van der Waals surface area contributed by atoms with Crippen molar-refractivity contribution in [2.75, 3.05) is 37.6 Å². The number of nitrogens with zero attached hydrogens (tertiary/aromatic N) is 4. The molecule has 1 aliphatic heterocycles. The summed E-state index contributed by atoms with van der Waals surface area (Å²) in [7, 11) is 0. The quantitative estimate of drug-likeness (QED) is 0.440. The lowest BCUT2D eigenvalue weighted by molar-refractivity contribution is -0.385. The SMILES string of the molecule is CCN1CCN(c2ccc(CNC(=O)C=Cc3ccccc3[N+](=O)[O-])cn2)CC1. The van der Waals surface area contributed by atoms with E-state index in [4.69, 9.17) is 0 Å². The Kier molecular flexibility index (Phi) is 6.91. The molecular weight excluding hydrogens is 370 g/mol. The minimum absolute atomic E-state index is 0.0314. The lowest BCUT2D eigenvalue weighted by Gasteiger charge is -2.34. The molecule has 2 aromatic rings. The number of nitro benzene ring substituents is 1. The summed E-state index contributed by atoms with van der Waals surface area (Å²) in [5.41, 5.74) is 1.26. The van der Waals surface area contributed by atoms with Crippen molar-refractivity contribution in [2.24, 2.45) is 0 Å². The number of piperazine rings is 1. The monoisotopic (exact) mass is 395 g/mol. The summed E-state index contributed by atoms with van der Waals surface area (Å²) in [4.78, 5) is 31.8. The van der Waals surface area contributed by atoms with Crippen LogP contribution in [0, 0.1) is 10.1 Å². The number of benzene rings is 1. The average Bonchev–Trinajstić information content (AvgIpc) is 2.77. The highest BCUT2D eigenvalue weighted by atomic mass is 16.6. The highest BCUT2D eigenvalue weighted by Crippen LogP contribution is 2.19. The van der Waals surface area contributed by atoms with Gasteiger partial charge in [0.05, 0.1) is 10.5 Å². The van der Waals surface area contributed by atoms with E-state index in [9.17, 15) is 14.9 Å². The van der Waals surface area contributed by atoms with Gasteiger partial charge in [0.15, 0.2) is 0 Å². The molecule has 0 bridgehead atoms. The van der Waals surface area contributed by atoms with Crippen LogP contribution in [0.1, 0.15) is 18.1 Å². The molecule has 2 heterocycles. The summed E-state index contributed by atoms with van der Waals surface area (Å²) in [6.45, 7) is 7.61. The highest BCUT2D eigenvalue weighted by molar-refractivity contribution is 5.92. The number of aromatic nitrogens is 1. The molecule has 0 unspecified atom stereocenters. The molecule has 152 valence electrons. The Morgan fingerprint density at radius 2 is 1.97 bits per heavy atom. The summed E-state index contributed by atoms with van der Waals surface area (Å²) in [6.07, 6.45) is 4.52. The van der Waals surface area contributed by atoms with Gasteiger partial charge in [0.2, 0.25) is 5.91 Å². The van der Waals surface area contributed by atoms with E-state index < -0.39 is 4.92 Å². The van der Waals surface area contributed by atoms with E-state index in [1.165, 1.54) is 18.2 Å². The number of rotatable bonds is 7. The molecule has 0 spiro atoms. The zero-order valence-electron chi connectivity index (χ0n) is 16.5. The van der Waals surface area contributed by atoms with Gasteiger partial charge in [-0.1, -0.05) is 25.1 Å². The minimum atomic E-state index is -0.465. The first-order valence-corrected chi connectivity index (χ1v) is 9.68. The topological polar surface area (TPSA) is 91.6 Å². The Hall–Kier alpha value is -3.26. The smallest absolute Gasteiger partial charge is 0.276 e. The molecule has 1 N–H and O–H groups in total. The number of hydrogen-bond donors (Lipinski definition) is 1. The maximum absolute atomic E-state index is 12.0. The molecule has 3 rings (SSSR count). The number of anilines is 1. The first-order chi connectivity index (χ1) is 14.1. The summed E-state index contributed by atoms with van der Waals surface area (Å²) >= 11 is 0. The first-order valence-electron chi connectivity index (χ1n) is 9.68. The second-order valence-electron chi connectivity index (χ2n) is 6.81. The van der Waals surface area contributed by atoms with Crippen LogP contribution in [0.5, 0.6) is 0 Å². The van der Waals surface area contributed by atoms with E-state index in [-0.39, 0.29) is 11.6 Å². The molecule has 1 fully saturated rings. The van der Waals surface area contributed by atoms with Crippen molar-refractivity contribution in [3.8, 4) is 0 Å². The van der Waals surface area contributed by atoms with Crippen LogP contribution in [-0.4, -0.2) is 53.4 Å². The summed E-state index contributed by atoms with van der Waals surface area (Å²) in [5.74, 6) is 0.634. The van der Waals surface area contributed by atoms with Crippen LogP contribution in [0.4, 0.5) is 11.5 Å². The molecule has 8 heteroatoms. The number of para-hydroxylation sites is 1. The molecule has 0 radical (unpaired) electrons. The third-order valence-electron chi connectivity index (χ3n) is 4.97. The van der Waals surface area contributed by atoms with E-state index >= 15 is 0 Å². The number of carbonyl (C=O) groups excluding carboxylic acids is 1. The molecule has 0 atom stereocenters. The molecule has 29 heavy (non-hydrogen) atoms. The Morgan fingerprint density at radius 1 is 1.21 bits per heavy atom. The average molecular weight is 395 g/mol. The Morgan fingerprint density at radius 3 is 2.62 bits per heavy atom. The Bertz CT molecular complexity index is 874. The summed E-state index contributed by atoms with van der Waals surface area (Å²) in [5, 5.41) is 13.8. The Balaban J connectivity index is 1.51. The predicted molar refractivity (Wildman–Crippen MR) is 113 cm³/mol. The molecule has 0 saturated carbocycles. The van der Waals surface area contributed by atoms with Gasteiger partial charge >= 0.3 is 0 Å². The number of amides is 1. The standard InChI is InChI=1S/C21H25N5O3/c1-2-24-11-13-25(14-12-24)20-9-7-17(15-22-20)16-23-21(27)10-8-18-5-3-4-6-19(18)26(28)29/h3-10,15H,2,11-14,16H2,1H3,(H,23,27). The maximum atomic E-state index is 12.0. The van der Waals surface area contributed by atoms with E-state index in [2.05, 4.69) is 27.0 Å². The van der Waals surface area contributed by atoms with Crippen molar-refractivity contribution in [2.45, 2.75) is 13.5 Å². The van der Waals surface area contributed by atoms with Gasteiger partial charge in [-0.05, 0) is 30.3 Å². The van der Waals surface area contributed by atoms with Crippen molar-refractivity contribution >= 4 is 23.5 Å². The fraction of sp³-hybridized carbons (Fsp3) is 0.333. The molecule has 1 aromatic carbocycles. The van der Waals surface area contributed by atoms with E-state index in [0.717, 1.165) is 44.1 Å². The minimum Gasteiger partial charge on any atom is -0.354 e. The molecule has 0 aliphatic carbocycles. The molecule has 1 saturated heterocycles. The molecule has 1 aliphatic rings. The molecule has 8 nitrogen and oxygen atoms in total. The lowest BCUT2D eigenvalue weighted by atomic mass is 10.1. The van der Waals surface area contributed by atoms with Crippen molar-refractivity contribution in [1.29, 1.82) is 0 Å². The van der Waals surface area contributed by atoms with Crippen molar-refractivity contribution in [3.63, 3.8) is 0 Å². The van der Waals surface area contributed by atoms with E-state index in [1.807, 2.05) is 12.1 Å². The van der Waals surface area contributed by atoms with Crippen LogP contribution in [0.3, 0.4) is 0 Å². The number of nitrogens with one attached hydrogen (secondary N) is 1. The number of carbonyl (C=O) groups is 1. The third kappa shape index (κ3) is 5.61. The largest absolute Gasteiger partial charge is 0.354 e.